The van der Waals surface area contributed by atoms with E-state index in [1.165, 1.54) is 4.09 Å². The van der Waals surface area contributed by atoms with Crippen LogP contribution in [-0.4, -0.2) is 16.3 Å². The lowest BCUT2D eigenvalue weighted by molar-refractivity contribution is 0.412. The van der Waals surface area contributed by atoms with E-state index < -0.39 is 0 Å². The van der Waals surface area contributed by atoms with Crippen molar-refractivity contribution in [1.29, 1.82) is 0 Å². The maximum atomic E-state index is 12.4. The minimum atomic E-state index is 0.0647. The zero-order chi connectivity index (χ0) is 10.1. The molecule has 0 bridgehead atoms. The van der Waals surface area contributed by atoms with Gasteiger partial charge in [0, 0.05) is 11.5 Å². The molecule has 0 aliphatic heterocycles. The van der Waals surface area contributed by atoms with Crippen LogP contribution in [0.1, 0.15) is 0 Å². The molecule has 0 atom stereocenters. The molecule has 14 heavy (non-hydrogen) atoms. The highest BCUT2D eigenvalue weighted by Gasteiger charge is 2.08. The molecule has 0 aliphatic carbocycles. The molecule has 0 fully saturated rings. The lowest BCUT2D eigenvalue weighted by Gasteiger charge is -2.03. The van der Waals surface area contributed by atoms with E-state index in [4.69, 9.17) is 4.74 Å². The average molecular weight is 277 g/mol. The molecule has 1 aromatic heterocycles. The lowest BCUT2D eigenvalue weighted by Crippen LogP contribution is -1.87. The number of rotatable bonds is 2. The SMILES string of the molecule is COc1cc2c(cnn2SF)cc1Br. The Bertz CT molecular complexity index is 474. The predicted molar refractivity (Wildman–Crippen MR) is 58.1 cm³/mol. The van der Waals surface area contributed by atoms with Gasteiger partial charge < -0.3 is 4.74 Å². The highest BCUT2D eigenvalue weighted by Crippen LogP contribution is 2.31. The number of halogens is 2. The summed E-state index contributed by atoms with van der Waals surface area (Å²) in [6, 6.07) is 3.58. The van der Waals surface area contributed by atoms with Gasteiger partial charge in [-0.1, -0.05) is 0 Å². The summed E-state index contributed by atoms with van der Waals surface area (Å²) >= 11 is 3.41. The minimum Gasteiger partial charge on any atom is -0.495 e. The number of fused-ring (bicyclic) bond motifs is 1. The third kappa shape index (κ3) is 1.48. The van der Waals surface area contributed by atoms with Crippen molar-refractivity contribution in [3.05, 3.63) is 22.8 Å². The van der Waals surface area contributed by atoms with Gasteiger partial charge in [0.25, 0.3) is 0 Å². The fourth-order valence-electron chi connectivity index (χ4n) is 1.22. The summed E-state index contributed by atoms with van der Waals surface area (Å²) in [6.45, 7) is 0. The molecular weight excluding hydrogens is 271 g/mol. The fourth-order valence-corrected chi connectivity index (χ4v) is 2.05. The average Bonchev–Trinajstić information content (AvgIpc) is 2.58. The van der Waals surface area contributed by atoms with E-state index in [0.29, 0.717) is 11.3 Å². The Labute approximate surface area is 92.8 Å². The van der Waals surface area contributed by atoms with Gasteiger partial charge in [-0.05, 0) is 22.0 Å². The molecule has 0 saturated heterocycles. The molecule has 1 aromatic carbocycles. The maximum absolute atomic E-state index is 12.4. The van der Waals surface area contributed by atoms with Crippen molar-refractivity contribution in [2.24, 2.45) is 0 Å². The molecule has 3 nitrogen and oxygen atoms in total. The number of aromatic nitrogens is 2. The van der Waals surface area contributed by atoms with Gasteiger partial charge in [-0.25, -0.2) is 0 Å². The first-order valence-electron chi connectivity index (χ1n) is 3.76. The van der Waals surface area contributed by atoms with Crippen molar-refractivity contribution in [2.45, 2.75) is 0 Å². The van der Waals surface area contributed by atoms with Gasteiger partial charge in [-0.2, -0.15) is 9.19 Å². The van der Waals surface area contributed by atoms with Crippen LogP contribution >= 0.6 is 28.3 Å². The first kappa shape index (κ1) is 9.79. The topological polar surface area (TPSA) is 27.1 Å². The van der Waals surface area contributed by atoms with Crippen molar-refractivity contribution in [1.82, 2.24) is 9.19 Å². The molecule has 74 valence electrons. The van der Waals surface area contributed by atoms with E-state index in [-0.39, 0.29) is 12.3 Å². The lowest BCUT2D eigenvalue weighted by atomic mass is 10.2. The molecular formula is C8H6BrFN2OS. The quantitative estimate of drug-likeness (QED) is 0.843. The second-order valence-corrected chi connectivity index (χ2v) is 3.97. The summed E-state index contributed by atoms with van der Waals surface area (Å²) in [5, 5.41) is 4.72. The van der Waals surface area contributed by atoms with E-state index in [9.17, 15) is 3.89 Å². The van der Waals surface area contributed by atoms with Crippen LogP contribution in [0.2, 0.25) is 0 Å². The second-order valence-electron chi connectivity index (χ2n) is 2.63. The standard InChI is InChI=1S/C8H6BrFN2OS/c1-13-8-3-7-5(2-6(8)9)4-11-12(7)14-10/h2-4H,1H3. The third-order valence-electron chi connectivity index (χ3n) is 1.87. The molecule has 0 amide bonds. The third-order valence-corrected chi connectivity index (χ3v) is 2.92. The van der Waals surface area contributed by atoms with E-state index >= 15 is 0 Å². The van der Waals surface area contributed by atoms with Gasteiger partial charge in [-0.3, -0.25) is 0 Å². The Hall–Kier alpha value is -0.750. The molecule has 0 aliphatic rings. The normalized spacial score (nSPS) is 10.8. The molecule has 2 rings (SSSR count). The molecule has 0 unspecified atom stereocenters. The van der Waals surface area contributed by atoms with Crippen LogP contribution in [0.4, 0.5) is 3.89 Å². The van der Waals surface area contributed by atoms with Crippen LogP contribution in [0.5, 0.6) is 5.75 Å². The Balaban J connectivity index is 2.70. The first-order valence-corrected chi connectivity index (χ1v) is 5.23. The highest BCUT2D eigenvalue weighted by atomic mass is 79.9. The number of nitrogens with zero attached hydrogens (tertiary/aromatic N) is 2. The monoisotopic (exact) mass is 276 g/mol. The summed E-state index contributed by atoms with van der Waals surface area (Å²) in [7, 11) is 1.56. The summed E-state index contributed by atoms with van der Waals surface area (Å²) in [6.07, 6.45) is 1.60. The number of hydrogen-bond acceptors (Lipinski definition) is 3. The summed E-state index contributed by atoms with van der Waals surface area (Å²) < 4.78 is 19.5. The van der Waals surface area contributed by atoms with Crippen molar-refractivity contribution in [3.63, 3.8) is 0 Å². The molecule has 0 N–H and O–H groups in total. The van der Waals surface area contributed by atoms with E-state index in [2.05, 4.69) is 21.0 Å². The van der Waals surface area contributed by atoms with Crippen LogP contribution in [0, 0.1) is 0 Å². The first-order chi connectivity index (χ1) is 6.76. The smallest absolute Gasteiger partial charge is 0.188 e. The molecule has 2 aromatic rings. The van der Waals surface area contributed by atoms with Gasteiger partial charge in [-0.15, -0.1) is 3.89 Å². The van der Waals surface area contributed by atoms with Crippen LogP contribution in [0.25, 0.3) is 10.9 Å². The predicted octanol–water partition coefficient (Wildman–Crippen LogP) is 3.19. The zero-order valence-corrected chi connectivity index (χ0v) is 9.60. The summed E-state index contributed by atoms with van der Waals surface area (Å²) in [4.78, 5) is 0. The Morgan fingerprint density at radius 2 is 2.36 bits per heavy atom. The molecule has 0 spiro atoms. The largest absolute Gasteiger partial charge is 0.495 e. The van der Waals surface area contributed by atoms with Crippen LogP contribution in [0.15, 0.2) is 22.8 Å². The molecule has 6 heteroatoms. The van der Waals surface area contributed by atoms with Gasteiger partial charge in [0.05, 0.1) is 23.3 Å². The van der Waals surface area contributed by atoms with Crippen LogP contribution in [-0.2, 0) is 0 Å². The molecule has 0 saturated carbocycles. The molecule has 0 radical (unpaired) electrons. The fraction of sp³-hybridized carbons (Fsp3) is 0.125. The maximum Gasteiger partial charge on any atom is 0.188 e. The summed E-state index contributed by atoms with van der Waals surface area (Å²) in [5.41, 5.74) is 0.692. The Morgan fingerprint density at radius 1 is 1.57 bits per heavy atom. The van der Waals surface area contributed by atoms with Gasteiger partial charge in [0.1, 0.15) is 5.75 Å². The minimum absolute atomic E-state index is 0.0647. The number of methoxy groups -OCH3 is 1. The van der Waals surface area contributed by atoms with Crippen molar-refractivity contribution in [3.8, 4) is 5.75 Å². The number of hydrogen-bond donors (Lipinski definition) is 0. The zero-order valence-electron chi connectivity index (χ0n) is 7.20. The van der Waals surface area contributed by atoms with E-state index in [1.807, 2.05) is 6.07 Å². The molecule has 1 heterocycles. The highest BCUT2D eigenvalue weighted by molar-refractivity contribution is 9.10. The number of ether oxygens (including phenoxy) is 1. The summed E-state index contributed by atoms with van der Waals surface area (Å²) in [5.74, 6) is 0.660. The van der Waals surface area contributed by atoms with Crippen LogP contribution < -0.4 is 4.74 Å². The van der Waals surface area contributed by atoms with Crippen molar-refractivity contribution in [2.75, 3.05) is 7.11 Å². The van der Waals surface area contributed by atoms with Crippen molar-refractivity contribution >= 4 is 39.2 Å². The Kier molecular flexibility index (Phi) is 2.64. The van der Waals surface area contributed by atoms with Crippen LogP contribution in [0.3, 0.4) is 0 Å². The second kappa shape index (κ2) is 3.78. The van der Waals surface area contributed by atoms with Gasteiger partial charge in [0.2, 0.25) is 0 Å². The Morgan fingerprint density at radius 3 is 3.00 bits per heavy atom. The van der Waals surface area contributed by atoms with E-state index in [0.717, 1.165) is 9.86 Å². The van der Waals surface area contributed by atoms with Gasteiger partial charge in [0.15, 0.2) is 12.3 Å². The number of benzene rings is 1. The van der Waals surface area contributed by atoms with Crippen molar-refractivity contribution < 1.29 is 8.62 Å². The van der Waals surface area contributed by atoms with Gasteiger partial charge >= 0.3 is 0 Å². The van der Waals surface area contributed by atoms with E-state index in [1.54, 1.807) is 19.4 Å².